The quantitative estimate of drug-likeness (QED) is 0.678. The molecule has 3 N–H and O–H groups in total. The van der Waals surface area contributed by atoms with Gasteiger partial charge in [-0.15, -0.1) is 0 Å². The molecule has 0 saturated carbocycles. The van der Waals surface area contributed by atoms with Crippen LogP contribution in [0.15, 0.2) is 0 Å². The molecule has 1 saturated heterocycles. The van der Waals surface area contributed by atoms with Gasteiger partial charge in [-0.1, -0.05) is 13.8 Å². The van der Waals surface area contributed by atoms with Crippen molar-refractivity contribution in [2.24, 2.45) is 11.7 Å². The molecule has 0 radical (unpaired) electrons. The maximum atomic E-state index is 5.90. The average Bonchev–Trinajstić information content (AvgIpc) is 2.76. The van der Waals surface area contributed by atoms with Crippen LogP contribution >= 0.6 is 0 Å². The fourth-order valence-corrected chi connectivity index (χ4v) is 2.17. The molecule has 1 aliphatic heterocycles. The summed E-state index contributed by atoms with van der Waals surface area (Å²) < 4.78 is 10.9. The molecule has 0 aromatic heterocycles. The van der Waals surface area contributed by atoms with Crippen LogP contribution in [0.1, 0.15) is 26.7 Å². The Hall–Kier alpha value is -0.160. The molecule has 2 atom stereocenters. The van der Waals surface area contributed by atoms with Crippen LogP contribution < -0.4 is 11.1 Å². The summed E-state index contributed by atoms with van der Waals surface area (Å²) in [5, 5.41) is 3.55. The van der Waals surface area contributed by atoms with E-state index < -0.39 is 0 Å². The third-order valence-corrected chi connectivity index (χ3v) is 3.58. The van der Waals surface area contributed by atoms with Crippen molar-refractivity contribution in [2.45, 2.75) is 38.3 Å². The van der Waals surface area contributed by atoms with E-state index in [-0.39, 0.29) is 5.54 Å². The predicted octanol–water partition coefficient (Wildman–Crippen LogP) is 0.755. The van der Waals surface area contributed by atoms with E-state index in [4.69, 9.17) is 15.2 Å². The van der Waals surface area contributed by atoms with E-state index in [0.29, 0.717) is 25.2 Å². The van der Waals surface area contributed by atoms with Gasteiger partial charge in [-0.05, 0) is 18.8 Å². The third kappa shape index (κ3) is 3.42. The molecule has 0 aromatic rings. The summed E-state index contributed by atoms with van der Waals surface area (Å²) in [5.74, 6) is 0.443. The van der Waals surface area contributed by atoms with E-state index in [2.05, 4.69) is 19.2 Å². The Balaban J connectivity index is 2.47. The minimum absolute atomic E-state index is 0.124. The van der Waals surface area contributed by atoms with Crippen molar-refractivity contribution in [3.8, 4) is 0 Å². The van der Waals surface area contributed by atoms with Crippen molar-refractivity contribution in [3.63, 3.8) is 0 Å². The Bertz CT molecular complexity index is 193. The zero-order valence-corrected chi connectivity index (χ0v) is 10.8. The molecule has 0 bridgehead atoms. The van der Waals surface area contributed by atoms with Gasteiger partial charge in [0.1, 0.15) is 0 Å². The third-order valence-electron chi connectivity index (χ3n) is 3.58. The summed E-state index contributed by atoms with van der Waals surface area (Å²) in [6, 6.07) is 0. The first-order valence-electron chi connectivity index (χ1n) is 6.20. The number of nitrogens with two attached hydrogens (primary N) is 1. The number of hydrogen-bond acceptors (Lipinski definition) is 4. The zero-order valence-electron chi connectivity index (χ0n) is 10.8. The van der Waals surface area contributed by atoms with E-state index in [0.717, 1.165) is 19.6 Å². The van der Waals surface area contributed by atoms with Crippen molar-refractivity contribution in [2.75, 3.05) is 33.4 Å². The van der Waals surface area contributed by atoms with E-state index in [1.165, 1.54) is 6.42 Å². The van der Waals surface area contributed by atoms with Gasteiger partial charge in [-0.25, -0.2) is 0 Å². The highest BCUT2D eigenvalue weighted by Crippen LogP contribution is 2.18. The predicted molar refractivity (Wildman–Crippen MR) is 65.5 cm³/mol. The second-order valence-electron chi connectivity index (χ2n) is 4.96. The smallest absolute Gasteiger partial charge is 0.0700 e. The van der Waals surface area contributed by atoms with E-state index >= 15 is 0 Å². The van der Waals surface area contributed by atoms with Crippen LogP contribution in [0, 0.1) is 5.92 Å². The normalized spacial score (nSPS) is 24.9. The minimum Gasteiger partial charge on any atom is -0.383 e. The second kappa shape index (κ2) is 6.55. The van der Waals surface area contributed by atoms with Gasteiger partial charge in [0, 0.05) is 26.8 Å². The van der Waals surface area contributed by atoms with Crippen LogP contribution in [-0.2, 0) is 9.47 Å². The second-order valence-corrected chi connectivity index (χ2v) is 4.96. The first-order valence-corrected chi connectivity index (χ1v) is 6.20. The molecular formula is C12H26N2O2. The van der Waals surface area contributed by atoms with Crippen molar-refractivity contribution < 1.29 is 9.47 Å². The zero-order chi connectivity index (χ0) is 12.0. The molecule has 16 heavy (non-hydrogen) atoms. The first kappa shape index (κ1) is 13.9. The highest BCUT2D eigenvalue weighted by Gasteiger charge is 2.33. The number of hydrogen-bond donors (Lipinski definition) is 2. The largest absolute Gasteiger partial charge is 0.383 e. The van der Waals surface area contributed by atoms with Crippen LogP contribution in [-0.4, -0.2) is 45.1 Å². The van der Waals surface area contributed by atoms with Gasteiger partial charge in [0.05, 0.1) is 18.2 Å². The molecule has 1 fully saturated rings. The summed E-state index contributed by atoms with van der Waals surface area (Å²) in [4.78, 5) is 0. The maximum Gasteiger partial charge on any atom is 0.0700 e. The van der Waals surface area contributed by atoms with Crippen molar-refractivity contribution >= 4 is 0 Å². The van der Waals surface area contributed by atoms with Gasteiger partial charge in [0.15, 0.2) is 0 Å². The molecule has 96 valence electrons. The summed E-state index contributed by atoms with van der Waals surface area (Å²) >= 11 is 0. The standard InChI is InChI=1S/C12H26N2O2/c1-10(2)12(8-13,9-15-3)14-7-11-5-4-6-16-11/h10-11,14H,4-9,13H2,1-3H3. The Morgan fingerprint density at radius 1 is 1.56 bits per heavy atom. The van der Waals surface area contributed by atoms with Crippen LogP contribution in [0.3, 0.4) is 0 Å². The van der Waals surface area contributed by atoms with E-state index in [1.54, 1.807) is 7.11 Å². The minimum atomic E-state index is -0.124. The van der Waals surface area contributed by atoms with Crippen LogP contribution in [0.25, 0.3) is 0 Å². The molecule has 1 rings (SSSR count). The summed E-state index contributed by atoms with van der Waals surface area (Å²) in [5.41, 5.74) is 5.77. The Kier molecular flexibility index (Phi) is 5.69. The van der Waals surface area contributed by atoms with Gasteiger partial charge in [0.2, 0.25) is 0 Å². The fourth-order valence-electron chi connectivity index (χ4n) is 2.17. The van der Waals surface area contributed by atoms with Crippen molar-refractivity contribution in [1.82, 2.24) is 5.32 Å². The molecule has 2 unspecified atom stereocenters. The molecule has 0 spiro atoms. The highest BCUT2D eigenvalue weighted by molar-refractivity contribution is 4.93. The topological polar surface area (TPSA) is 56.5 Å². The Morgan fingerprint density at radius 3 is 2.75 bits per heavy atom. The SMILES string of the molecule is COCC(CN)(NCC1CCCO1)C(C)C. The van der Waals surface area contributed by atoms with Crippen LogP contribution in [0.2, 0.25) is 0 Å². The molecular weight excluding hydrogens is 204 g/mol. The summed E-state index contributed by atoms with van der Waals surface area (Å²) in [6.07, 6.45) is 2.67. The van der Waals surface area contributed by atoms with E-state index in [9.17, 15) is 0 Å². The number of methoxy groups -OCH3 is 1. The molecule has 1 aliphatic rings. The lowest BCUT2D eigenvalue weighted by Crippen LogP contribution is -2.59. The summed E-state index contributed by atoms with van der Waals surface area (Å²) in [6.45, 7) is 7.36. The highest BCUT2D eigenvalue weighted by atomic mass is 16.5. The lowest BCUT2D eigenvalue weighted by Gasteiger charge is -2.37. The molecule has 0 amide bonds. The van der Waals surface area contributed by atoms with Gasteiger partial charge in [-0.2, -0.15) is 0 Å². The molecule has 4 nitrogen and oxygen atoms in total. The fraction of sp³-hybridized carbons (Fsp3) is 1.00. The van der Waals surface area contributed by atoms with Crippen LogP contribution in [0.5, 0.6) is 0 Å². The van der Waals surface area contributed by atoms with Gasteiger partial charge in [-0.3, -0.25) is 0 Å². The van der Waals surface area contributed by atoms with Crippen molar-refractivity contribution in [1.29, 1.82) is 0 Å². The number of nitrogens with one attached hydrogen (secondary N) is 1. The molecule has 0 aliphatic carbocycles. The monoisotopic (exact) mass is 230 g/mol. The summed E-state index contributed by atoms with van der Waals surface area (Å²) in [7, 11) is 1.72. The lowest BCUT2D eigenvalue weighted by atomic mass is 9.87. The van der Waals surface area contributed by atoms with Gasteiger partial charge < -0.3 is 20.5 Å². The van der Waals surface area contributed by atoms with Gasteiger partial charge in [0.25, 0.3) is 0 Å². The number of ether oxygens (including phenoxy) is 2. The van der Waals surface area contributed by atoms with Crippen molar-refractivity contribution in [3.05, 3.63) is 0 Å². The molecule has 0 aromatic carbocycles. The van der Waals surface area contributed by atoms with E-state index in [1.807, 2.05) is 0 Å². The van der Waals surface area contributed by atoms with Crippen LogP contribution in [0.4, 0.5) is 0 Å². The molecule has 4 heteroatoms. The lowest BCUT2D eigenvalue weighted by molar-refractivity contribution is 0.0578. The first-order chi connectivity index (χ1) is 7.64. The maximum absolute atomic E-state index is 5.90. The average molecular weight is 230 g/mol. The Labute approximate surface area is 98.9 Å². The van der Waals surface area contributed by atoms with Gasteiger partial charge >= 0.3 is 0 Å². The number of rotatable bonds is 7. The Morgan fingerprint density at radius 2 is 2.31 bits per heavy atom. The molecule has 1 heterocycles.